The first kappa shape index (κ1) is 19.4. The van der Waals surface area contributed by atoms with Crippen molar-refractivity contribution in [1.29, 1.82) is 0 Å². The van der Waals surface area contributed by atoms with E-state index in [4.69, 9.17) is 23.7 Å². The van der Waals surface area contributed by atoms with Crippen LogP contribution in [0.4, 0.5) is 11.4 Å². The highest BCUT2D eigenvalue weighted by atomic mass is 16.6. The molecule has 0 aromatic heterocycles. The normalized spacial score (nSPS) is 27.5. The largest absolute Gasteiger partial charge is 0.457 e. The van der Waals surface area contributed by atoms with E-state index in [1.807, 2.05) is 24.3 Å². The molecule has 7 nitrogen and oxygen atoms in total. The van der Waals surface area contributed by atoms with Crippen molar-refractivity contribution in [3.8, 4) is 11.5 Å². The summed E-state index contributed by atoms with van der Waals surface area (Å²) in [5.41, 5.74) is 2.35. The molecule has 4 saturated heterocycles. The van der Waals surface area contributed by atoms with Gasteiger partial charge in [-0.2, -0.15) is 0 Å². The van der Waals surface area contributed by atoms with Crippen molar-refractivity contribution >= 4 is 11.4 Å². The van der Waals surface area contributed by atoms with E-state index in [1.54, 1.807) is 0 Å². The highest BCUT2D eigenvalue weighted by Gasteiger charge is 2.32. The van der Waals surface area contributed by atoms with Crippen LogP contribution in [0.15, 0.2) is 48.5 Å². The van der Waals surface area contributed by atoms with Gasteiger partial charge >= 0.3 is 0 Å². The molecule has 4 aliphatic heterocycles. The van der Waals surface area contributed by atoms with Crippen molar-refractivity contribution in [3.05, 3.63) is 48.5 Å². The fourth-order valence-electron chi connectivity index (χ4n) is 3.83. The lowest BCUT2D eigenvalue weighted by Gasteiger charge is -2.24. The molecule has 0 radical (unpaired) electrons. The van der Waals surface area contributed by atoms with Gasteiger partial charge in [-0.15, -0.1) is 0 Å². The second-order valence-corrected chi connectivity index (χ2v) is 8.72. The molecule has 2 aromatic carbocycles. The van der Waals surface area contributed by atoms with Gasteiger partial charge in [0.15, 0.2) is 0 Å². The number of nitrogens with zero attached hydrogens (tertiary/aromatic N) is 2. The second-order valence-electron chi connectivity index (χ2n) is 8.72. The summed E-state index contributed by atoms with van der Waals surface area (Å²) in [5, 5.41) is 0. The quantitative estimate of drug-likeness (QED) is 0.486. The number of hydrogen-bond acceptors (Lipinski definition) is 7. The third-order valence-corrected chi connectivity index (χ3v) is 5.95. The highest BCUT2D eigenvalue weighted by Crippen LogP contribution is 2.29. The topological polar surface area (TPSA) is 65.8 Å². The van der Waals surface area contributed by atoms with E-state index in [0.717, 1.165) is 64.1 Å². The lowest BCUT2D eigenvalue weighted by Crippen LogP contribution is -2.31. The summed E-state index contributed by atoms with van der Waals surface area (Å²) < 4.78 is 27.8. The van der Waals surface area contributed by atoms with Crippen LogP contribution >= 0.6 is 0 Å². The lowest BCUT2D eigenvalue weighted by molar-refractivity contribution is 0.388. The number of epoxide rings is 4. The molecule has 0 unspecified atom stereocenters. The van der Waals surface area contributed by atoms with Crippen molar-refractivity contribution in [3.63, 3.8) is 0 Å². The van der Waals surface area contributed by atoms with E-state index in [1.165, 1.54) is 11.4 Å². The Morgan fingerprint density at radius 2 is 0.839 bits per heavy atom. The number of hydrogen-bond donors (Lipinski definition) is 0. The van der Waals surface area contributed by atoms with Gasteiger partial charge in [0.25, 0.3) is 0 Å². The van der Waals surface area contributed by atoms with Gasteiger partial charge in [0, 0.05) is 37.6 Å². The van der Waals surface area contributed by atoms with Crippen molar-refractivity contribution in [1.82, 2.24) is 0 Å². The van der Waals surface area contributed by atoms with Crippen LogP contribution in [0.5, 0.6) is 11.5 Å². The van der Waals surface area contributed by atoms with Gasteiger partial charge in [0.2, 0.25) is 0 Å². The van der Waals surface area contributed by atoms with E-state index >= 15 is 0 Å². The molecule has 0 saturated carbocycles. The van der Waals surface area contributed by atoms with Crippen molar-refractivity contribution < 1.29 is 23.7 Å². The molecule has 4 heterocycles. The van der Waals surface area contributed by atoms with Crippen LogP contribution in [0, 0.1) is 0 Å². The van der Waals surface area contributed by atoms with Crippen LogP contribution in [-0.2, 0) is 18.9 Å². The van der Waals surface area contributed by atoms with Gasteiger partial charge in [-0.1, -0.05) is 0 Å². The van der Waals surface area contributed by atoms with Crippen molar-refractivity contribution in [2.75, 3.05) is 62.4 Å². The number of ether oxygens (including phenoxy) is 5. The monoisotopic (exact) mass is 424 g/mol. The van der Waals surface area contributed by atoms with Gasteiger partial charge < -0.3 is 33.5 Å². The van der Waals surface area contributed by atoms with Crippen LogP contribution in [0.1, 0.15) is 0 Å². The molecule has 2 aromatic rings. The minimum atomic E-state index is 0.353. The van der Waals surface area contributed by atoms with E-state index in [9.17, 15) is 0 Å². The smallest absolute Gasteiger partial charge is 0.127 e. The van der Waals surface area contributed by atoms with E-state index in [-0.39, 0.29) is 0 Å². The summed E-state index contributed by atoms with van der Waals surface area (Å²) in [6.45, 7) is 7.09. The predicted molar refractivity (Wildman–Crippen MR) is 116 cm³/mol. The SMILES string of the molecule is c1cc(N(C[C@H]2CO2)C[C@H]2CO2)ccc1Oc1ccc(N(C[C@@H]2CO2)C[C@@H]2CO2)cc1. The Morgan fingerprint density at radius 3 is 1.10 bits per heavy atom. The van der Waals surface area contributed by atoms with Crippen LogP contribution in [-0.4, -0.2) is 77.0 Å². The van der Waals surface area contributed by atoms with Crippen LogP contribution < -0.4 is 14.5 Å². The minimum Gasteiger partial charge on any atom is -0.457 e. The Morgan fingerprint density at radius 1 is 0.548 bits per heavy atom. The summed E-state index contributed by atoms with van der Waals surface area (Å²) in [6.07, 6.45) is 1.41. The number of anilines is 2. The zero-order chi connectivity index (χ0) is 20.6. The zero-order valence-electron chi connectivity index (χ0n) is 17.5. The van der Waals surface area contributed by atoms with E-state index < -0.39 is 0 Å². The molecule has 0 bridgehead atoms. The lowest BCUT2D eigenvalue weighted by atomic mass is 10.2. The maximum absolute atomic E-state index is 6.09. The fraction of sp³-hybridized carbons (Fsp3) is 0.500. The van der Waals surface area contributed by atoms with Crippen molar-refractivity contribution in [2.24, 2.45) is 0 Å². The molecule has 0 N–H and O–H groups in total. The molecule has 7 heteroatoms. The molecule has 6 rings (SSSR count). The summed E-state index contributed by atoms with van der Waals surface area (Å²) in [6, 6.07) is 16.6. The first-order valence-electron chi connectivity index (χ1n) is 11.1. The van der Waals surface area contributed by atoms with Gasteiger partial charge in [0.1, 0.15) is 11.5 Å². The van der Waals surface area contributed by atoms with Gasteiger partial charge in [0.05, 0.1) is 50.8 Å². The molecular weight excluding hydrogens is 396 g/mol. The van der Waals surface area contributed by atoms with Crippen LogP contribution in [0.25, 0.3) is 0 Å². The van der Waals surface area contributed by atoms with Crippen molar-refractivity contribution in [2.45, 2.75) is 24.4 Å². The maximum atomic E-state index is 6.09. The third-order valence-electron chi connectivity index (χ3n) is 5.95. The Kier molecular flexibility index (Phi) is 5.20. The molecule has 164 valence electrons. The molecule has 31 heavy (non-hydrogen) atoms. The van der Waals surface area contributed by atoms with Gasteiger partial charge in [-0.3, -0.25) is 0 Å². The number of benzene rings is 2. The van der Waals surface area contributed by atoms with Crippen LogP contribution in [0.2, 0.25) is 0 Å². The molecule has 4 atom stereocenters. The highest BCUT2D eigenvalue weighted by molar-refractivity contribution is 5.52. The summed E-state index contributed by atoms with van der Waals surface area (Å²) >= 11 is 0. The molecular formula is C24H28N2O5. The minimum absolute atomic E-state index is 0.353. The summed E-state index contributed by atoms with van der Waals surface area (Å²) in [7, 11) is 0. The standard InChI is InChI=1S/C24H28N2O5/c1-5-19(6-2-17(1)25(9-21-13-27-21)10-22-14-28-22)31-20-7-3-18(4-8-20)26(11-23-15-29-23)12-24-16-30-24/h1-8,21-24H,9-16H2/t21-,22-,23+,24+. The average molecular weight is 424 g/mol. The Bertz CT molecular complexity index is 772. The van der Waals surface area contributed by atoms with E-state index in [2.05, 4.69) is 34.1 Å². The van der Waals surface area contributed by atoms with E-state index in [0.29, 0.717) is 24.4 Å². The maximum Gasteiger partial charge on any atom is 0.127 e. The molecule has 4 fully saturated rings. The second kappa shape index (κ2) is 8.31. The molecule has 0 aliphatic carbocycles. The first-order valence-corrected chi connectivity index (χ1v) is 11.1. The van der Waals surface area contributed by atoms with Crippen LogP contribution in [0.3, 0.4) is 0 Å². The third kappa shape index (κ3) is 5.49. The van der Waals surface area contributed by atoms with Gasteiger partial charge in [-0.05, 0) is 48.5 Å². The van der Waals surface area contributed by atoms with Gasteiger partial charge in [-0.25, -0.2) is 0 Å². The average Bonchev–Trinajstić information content (AvgIpc) is 3.63. The zero-order valence-corrected chi connectivity index (χ0v) is 17.5. The predicted octanol–water partition coefficient (Wildman–Crippen LogP) is 2.69. The Labute approximate surface area is 182 Å². The number of rotatable bonds is 12. The summed E-state index contributed by atoms with van der Waals surface area (Å²) in [4.78, 5) is 4.69. The molecule has 4 aliphatic rings. The fourth-order valence-corrected chi connectivity index (χ4v) is 3.83. The Balaban J connectivity index is 1.08. The molecule has 0 amide bonds. The first-order chi connectivity index (χ1) is 15.3. The Hall–Kier alpha value is -2.32. The summed E-state index contributed by atoms with van der Waals surface area (Å²) in [5.74, 6) is 1.66. The molecule has 0 spiro atoms.